The second-order valence-electron chi connectivity index (χ2n) is 4.52. The minimum atomic E-state index is -0.584. The van der Waals surface area contributed by atoms with Crippen molar-refractivity contribution in [3.05, 3.63) is 34.9 Å². The van der Waals surface area contributed by atoms with Crippen LogP contribution in [0.15, 0.2) is 24.3 Å². The first kappa shape index (κ1) is 10.9. The fraction of sp³-hybridized carbons (Fsp3) is 0.500. The van der Waals surface area contributed by atoms with Gasteiger partial charge in [0.25, 0.3) is 0 Å². The molecule has 2 rings (SSSR count). The van der Waals surface area contributed by atoms with E-state index in [1.807, 2.05) is 31.2 Å². The quantitative estimate of drug-likeness (QED) is 0.805. The van der Waals surface area contributed by atoms with Crippen LogP contribution in [0, 0.1) is 5.92 Å². The van der Waals surface area contributed by atoms with Gasteiger partial charge in [-0.1, -0.05) is 23.7 Å². The van der Waals surface area contributed by atoms with Crippen molar-refractivity contribution in [3.63, 3.8) is 0 Å². The van der Waals surface area contributed by atoms with Crippen molar-refractivity contribution in [2.24, 2.45) is 5.92 Å². The van der Waals surface area contributed by atoms with E-state index in [2.05, 4.69) is 5.32 Å². The lowest BCUT2D eigenvalue weighted by molar-refractivity contribution is 0.0363. The molecule has 0 aliphatic carbocycles. The average molecular weight is 226 g/mol. The Morgan fingerprint density at radius 3 is 2.67 bits per heavy atom. The topological polar surface area (TPSA) is 32.3 Å². The zero-order chi connectivity index (χ0) is 10.9. The summed E-state index contributed by atoms with van der Waals surface area (Å²) in [5.41, 5.74) is 0.646. The summed E-state index contributed by atoms with van der Waals surface area (Å²) in [7, 11) is 0. The highest BCUT2D eigenvalue weighted by Gasteiger charge is 2.36. The molecule has 0 spiro atoms. The molecule has 1 aromatic rings. The molecule has 2 atom stereocenters. The van der Waals surface area contributed by atoms with Crippen molar-refractivity contribution in [1.82, 2.24) is 5.32 Å². The third-order valence-electron chi connectivity index (χ3n) is 3.15. The molecule has 2 unspecified atom stereocenters. The monoisotopic (exact) mass is 225 g/mol. The third kappa shape index (κ3) is 2.51. The van der Waals surface area contributed by atoms with Gasteiger partial charge in [0.05, 0.1) is 5.60 Å². The molecule has 1 heterocycles. The van der Waals surface area contributed by atoms with Crippen molar-refractivity contribution in [2.75, 3.05) is 13.1 Å². The second kappa shape index (κ2) is 4.12. The lowest BCUT2D eigenvalue weighted by Crippen LogP contribution is -2.34. The molecule has 0 radical (unpaired) electrons. The molecule has 82 valence electrons. The number of hydrogen-bond acceptors (Lipinski definition) is 2. The molecule has 3 heteroatoms. The molecule has 0 aromatic heterocycles. The van der Waals surface area contributed by atoms with E-state index >= 15 is 0 Å². The molecule has 2 N–H and O–H groups in total. The van der Waals surface area contributed by atoms with E-state index in [9.17, 15) is 5.11 Å². The Morgan fingerprint density at radius 2 is 2.13 bits per heavy atom. The highest BCUT2D eigenvalue weighted by Crippen LogP contribution is 2.25. The van der Waals surface area contributed by atoms with Crippen molar-refractivity contribution >= 4 is 11.6 Å². The van der Waals surface area contributed by atoms with E-state index in [-0.39, 0.29) is 0 Å². The van der Waals surface area contributed by atoms with Crippen LogP contribution in [0.3, 0.4) is 0 Å². The maximum Gasteiger partial charge on any atom is 0.0786 e. The highest BCUT2D eigenvalue weighted by molar-refractivity contribution is 6.30. The standard InChI is InChI=1S/C12H16ClNO/c1-12(15)8-14-7-10(12)6-9-2-4-11(13)5-3-9/h2-5,10,14-15H,6-8H2,1H3. The maximum atomic E-state index is 10.1. The van der Waals surface area contributed by atoms with E-state index in [0.717, 1.165) is 18.0 Å². The summed E-state index contributed by atoms with van der Waals surface area (Å²) in [5, 5.41) is 14.1. The van der Waals surface area contributed by atoms with Gasteiger partial charge in [0.15, 0.2) is 0 Å². The first-order valence-electron chi connectivity index (χ1n) is 5.25. The van der Waals surface area contributed by atoms with Gasteiger partial charge in [0.1, 0.15) is 0 Å². The normalized spacial score (nSPS) is 30.7. The van der Waals surface area contributed by atoms with Gasteiger partial charge in [-0.15, -0.1) is 0 Å². The Morgan fingerprint density at radius 1 is 1.47 bits per heavy atom. The van der Waals surface area contributed by atoms with Crippen LogP contribution in [0.4, 0.5) is 0 Å². The summed E-state index contributed by atoms with van der Waals surface area (Å²) in [5.74, 6) is 0.290. The van der Waals surface area contributed by atoms with E-state index in [1.165, 1.54) is 5.56 Å². The molecule has 1 aromatic carbocycles. The summed E-state index contributed by atoms with van der Waals surface area (Å²) in [6.07, 6.45) is 0.900. The first-order chi connectivity index (χ1) is 7.08. The van der Waals surface area contributed by atoms with E-state index < -0.39 is 5.60 Å². The van der Waals surface area contributed by atoms with Gasteiger partial charge in [0, 0.05) is 24.0 Å². The number of hydrogen-bond donors (Lipinski definition) is 2. The van der Waals surface area contributed by atoms with Crippen LogP contribution in [0.1, 0.15) is 12.5 Å². The van der Waals surface area contributed by atoms with Gasteiger partial charge < -0.3 is 10.4 Å². The fourth-order valence-electron chi connectivity index (χ4n) is 2.06. The third-order valence-corrected chi connectivity index (χ3v) is 3.40. The number of halogens is 1. The molecule has 1 aliphatic rings. The summed E-state index contributed by atoms with van der Waals surface area (Å²) < 4.78 is 0. The summed E-state index contributed by atoms with van der Waals surface area (Å²) in [6.45, 7) is 3.47. The Kier molecular flexibility index (Phi) is 3.01. The van der Waals surface area contributed by atoms with Crippen LogP contribution in [0.25, 0.3) is 0 Å². The van der Waals surface area contributed by atoms with E-state index in [1.54, 1.807) is 0 Å². The zero-order valence-electron chi connectivity index (χ0n) is 8.83. The summed E-state index contributed by atoms with van der Waals surface area (Å²) in [4.78, 5) is 0. The second-order valence-corrected chi connectivity index (χ2v) is 4.95. The maximum absolute atomic E-state index is 10.1. The van der Waals surface area contributed by atoms with Crippen LogP contribution in [-0.2, 0) is 6.42 Å². The van der Waals surface area contributed by atoms with Crippen LogP contribution in [0.5, 0.6) is 0 Å². The van der Waals surface area contributed by atoms with Gasteiger partial charge in [-0.2, -0.15) is 0 Å². The molecule has 2 nitrogen and oxygen atoms in total. The lowest BCUT2D eigenvalue weighted by Gasteiger charge is -2.24. The minimum absolute atomic E-state index is 0.290. The SMILES string of the molecule is CC1(O)CNCC1Cc1ccc(Cl)cc1. The Hall–Kier alpha value is -0.570. The molecule has 1 fully saturated rings. The van der Waals surface area contributed by atoms with Crippen LogP contribution >= 0.6 is 11.6 Å². The predicted molar refractivity (Wildman–Crippen MR) is 62.1 cm³/mol. The highest BCUT2D eigenvalue weighted by atomic mass is 35.5. The van der Waals surface area contributed by atoms with E-state index in [4.69, 9.17) is 11.6 Å². The Labute approximate surface area is 95.3 Å². The minimum Gasteiger partial charge on any atom is -0.389 e. The molecule has 0 amide bonds. The van der Waals surface area contributed by atoms with Crippen molar-refractivity contribution in [1.29, 1.82) is 0 Å². The molecular weight excluding hydrogens is 210 g/mol. The Bertz CT molecular complexity index is 334. The van der Waals surface area contributed by atoms with Crippen LogP contribution in [-0.4, -0.2) is 23.8 Å². The molecule has 15 heavy (non-hydrogen) atoms. The Balaban J connectivity index is 2.06. The van der Waals surface area contributed by atoms with Crippen molar-refractivity contribution in [3.8, 4) is 0 Å². The lowest BCUT2D eigenvalue weighted by atomic mass is 9.87. The fourth-order valence-corrected chi connectivity index (χ4v) is 2.19. The van der Waals surface area contributed by atoms with Gasteiger partial charge in [-0.3, -0.25) is 0 Å². The molecule has 0 bridgehead atoms. The number of benzene rings is 1. The molecular formula is C12H16ClNO. The van der Waals surface area contributed by atoms with Gasteiger partial charge >= 0.3 is 0 Å². The van der Waals surface area contributed by atoms with Crippen LogP contribution < -0.4 is 5.32 Å². The van der Waals surface area contributed by atoms with E-state index in [0.29, 0.717) is 12.5 Å². The van der Waals surface area contributed by atoms with Gasteiger partial charge in [-0.05, 0) is 31.0 Å². The molecule has 0 saturated carbocycles. The largest absolute Gasteiger partial charge is 0.389 e. The van der Waals surface area contributed by atoms with Gasteiger partial charge in [-0.25, -0.2) is 0 Å². The molecule has 1 saturated heterocycles. The van der Waals surface area contributed by atoms with Crippen molar-refractivity contribution in [2.45, 2.75) is 18.9 Å². The summed E-state index contributed by atoms with van der Waals surface area (Å²) in [6, 6.07) is 7.84. The number of aliphatic hydroxyl groups is 1. The number of β-amino-alcohol motifs (C(OH)–C–C–N with tert-alkyl or cyclic N) is 1. The average Bonchev–Trinajstić information content (AvgIpc) is 2.50. The summed E-state index contributed by atoms with van der Waals surface area (Å²) >= 11 is 5.82. The van der Waals surface area contributed by atoms with Crippen molar-refractivity contribution < 1.29 is 5.11 Å². The number of rotatable bonds is 2. The first-order valence-corrected chi connectivity index (χ1v) is 5.63. The van der Waals surface area contributed by atoms with Crippen LogP contribution in [0.2, 0.25) is 5.02 Å². The zero-order valence-corrected chi connectivity index (χ0v) is 9.59. The van der Waals surface area contributed by atoms with Gasteiger partial charge in [0.2, 0.25) is 0 Å². The number of nitrogens with one attached hydrogen (secondary N) is 1. The smallest absolute Gasteiger partial charge is 0.0786 e. The predicted octanol–water partition coefficient (Wildman–Crippen LogP) is 1.85. The molecule has 1 aliphatic heterocycles.